The summed E-state index contributed by atoms with van der Waals surface area (Å²) in [7, 11) is 0. The Morgan fingerprint density at radius 2 is 2.09 bits per heavy atom. The van der Waals surface area contributed by atoms with Gasteiger partial charge in [0.05, 0.1) is 12.2 Å². The fraction of sp³-hybridized carbons (Fsp3) is 0.429. The quantitative estimate of drug-likeness (QED) is 0.821. The number of nitrogens with zero attached hydrogens (tertiary/aromatic N) is 4. The van der Waals surface area contributed by atoms with Gasteiger partial charge in [0.1, 0.15) is 11.7 Å². The Kier molecular flexibility index (Phi) is 4.59. The van der Waals surface area contributed by atoms with E-state index in [0.29, 0.717) is 13.1 Å². The van der Waals surface area contributed by atoms with Gasteiger partial charge >= 0.3 is 5.97 Å². The molecule has 8 heteroatoms. The molecular weight excluding hydrogens is 286 g/mol. The molecule has 0 fully saturated rings. The lowest BCUT2D eigenvalue weighted by molar-refractivity contribution is -0.140. The maximum absolute atomic E-state index is 12.0. The molecule has 118 valence electrons. The van der Waals surface area contributed by atoms with Crippen molar-refractivity contribution in [3.8, 4) is 0 Å². The molecule has 0 bridgehead atoms. The third kappa shape index (κ3) is 3.51. The van der Waals surface area contributed by atoms with Gasteiger partial charge in [-0.2, -0.15) is 10.2 Å². The van der Waals surface area contributed by atoms with Crippen LogP contribution >= 0.6 is 0 Å². The molecule has 22 heavy (non-hydrogen) atoms. The van der Waals surface area contributed by atoms with Crippen molar-refractivity contribution in [2.45, 2.75) is 33.4 Å². The van der Waals surface area contributed by atoms with Crippen LogP contribution < -0.4 is 5.32 Å². The van der Waals surface area contributed by atoms with Crippen LogP contribution in [0, 0.1) is 13.8 Å². The molecule has 0 saturated heterocycles. The van der Waals surface area contributed by atoms with E-state index in [4.69, 9.17) is 5.11 Å². The first-order chi connectivity index (χ1) is 10.4. The minimum absolute atomic E-state index is 0.196. The maximum atomic E-state index is 12.0. The first-order valence-electron chi connectivity index (χ1n) is 6.95. The van der Waals surface area contributed by atoms with Crippen molar-refractivity contribution < 1.29 is 14.7 Å². The molecule has 0 aliphatic heterocycles. The molecule has 2 rings (SSSR count). The van der Waals surface area contributed by atoms with E-state index in [2.05, 4.69) is 15.5 Å². The summed E-state index contributed by atoms with van der Waals surface area (Å²) >= 11 is 0. The smallest absolute Gasteiger partial charge is 0.328 e. The molecule has 0 aliphatic rings. The van der Waals surface area contributed by atoms with Crippen LogP contribution in [0.2, 0.25) is 0 Å². The summed E-state index contributed by atoms with van der Waals surface area (Å²) < 4.78 is 3.07. The number of rotatable bonds is 6. The molecule has 2 heterocycles. The number of carboxylic acid groups (broad SMARTS) is 1. The Morgan fingerprint density at radius 1 is 1.36 bits per heavy atom. The van der Waals surface area contributed by atoms with Crippen LogP contribution in [0.25, 0.3) is 0 Å². The van der Waals surface area contributed by atoms with Crippen molar-refractivity contribution in [2.24, 2.45) is 0 Å². The zero-order valence-corrected chi connectivity index (χ0v) is 12.8. The lowest BCUT2D eigenvalue weighted by Crippen LogP contribution is -2.28. The average Bonchev–Trinajstić information content (AvgIpc) is 3.05. The number of nitrogens with one attached hydrogen (secondary N) is 1. The van der Waals surface area contributed by atoms with Crippen LogP contribution in [0.5, 0.6) is 0 Å². The molecule has 0 spiro atoms. The largest absolute Gasteiger partial charge is 0.480 e. The number of carbonyl (C=O) groups excluding carboxylic acids is 1. The van der Waals surface area contributed by atoms with Gasteiger partial charge in [-0.05, 0) is 32.9 Å². The van der Waals surface area contributed by atoms with Crippen LogP contribution in [-0.4, -0.2) is 43.1 Å². The Bertz CT molecular complexity index is 688. The highest BCUT2D eigenvalue weighted by molar-refractivity contribution is 5.92. The molecule has 0 aromatic carbocycles. The molecule has 8 nitrogen and oxygen atoms in total. The molecule has 2 aromatic heterocycles. The summed E-state index contributed by atoms with van der Waals surface area (Å²) in [5.74, 6) is -1.34. The number of hydrogen-bond acceptors (Lipinski definition) is 4. The zero-order chi connectivity index (χ0) is 16.3. The van der Waals surface area contributed by atoms with Gasteiger partial charge in [-0.25, -0.2) is 4.79 Å². The molecule has 0 aliphatic carbocycles. The van der Waals surface area contributed by atoms with Crippen molar-refractivity contribution in [3.63, 3.8) is 0 Å². The Balaban J connectivity index is 1.90. The zero-order valence-electron chi connectivity index (χ0n) is 12.8. The van der Waals surface area contributed by atoms with Crippen LogP contribution in [0.15, 0.2) is 18.3 Å². The normalized spacial score (nSPS) is 12.1. The number of aromatic nitrogens is 4. The molecule has 2 aromatic rings. The molecule has 1 atom stereocenters. The summed E-state index contributed by atoms with van der Waals surface area (Å²) in [6.07, 6.45) is 1.48. The van der Waals surface area contributed by atoms with E-state index in [1.807, 2.05) is 24.6 Å². The van der Waals surface area contributed by atoms with E-state index in [1.165, 1.54) is 23.9 Å². The second-order valence-corrected chi connectivity index (χ2v) is 5.10. The van der Waals surface area contributed by atoms with Crippen molar-refractivity contribution in [1.29, 1.82) is 0 Å². The highest BCUT2D eigenvalue weighted by atomic mass is 16.4. The second kappa shape index (κ2) is 6.42. The number of carbonyl (C=O) groups is 2. The van der Waals surface area contributed by atoms with Crippen molar-refractivity contribution in [2.75, 3.05) is 6.54 Å². The van der Waals surface area contributed by atoms with Crippen molar-refractivity contribution in [3.05, 3.63) is 35.4 Å². The van der Waals surface area contributed by atoms with Gasteiger partial charge < -0.3 is 10.4 Å². The first kappa shape index (κ1) is 15.7. The summed E-state index contributed by atoms with van der Waals surface area (Å²) in [5.41, 5.74) is 2.16. The van der Waals surface area contributed by atoms with Gasteiger partial charge in [0.15, 0.2) is 0 Å². The molecular formula is C14H19N5O3. The Hall–Kier alpha value is -2.64. The highest BCUT2D eigenvalue weighted by Gasteiger charge is 2.16. The van der Waals surface area contributed by atoms with Gasteiger partial charge in [-0.3, -0.25) is 14.2 Å². The number of hydrogen-bond donors (Lipinski definition) is 2. The second-order valence-electron chi connectivity index (χ2n) is 5.10. The summed E-state index contributed by atoms with van der Waals surface area (Å²) in [6, 6.07) is 2.66. The third-order valence-corrected chi connectivity index (χ3v) is 3.31. The summed E-state index contributed by atoms with van der Waals surface area (Å²) in [4.78, 5) is 22.8. The topological polar surface area (TPSA) is 102 Å². The van der Waals surface area contributed by atoms with Gasteiger partial charge in [0.2, 0.25) is 0 Å². The highest BCUT2D eigenvalue weighted by Crippen LogP contribution is 2.06. The minimum Gasteiger partial charge on any atom is -0.480 e. The van der Waals surface area contributed by atoms with E-state index in [9.17, 15) is 9.59 Å². The molecule has 1 unspecified atom stereocenters. The summed E-state index contributed by atoms with van der Waals surface area (Å²) in [5, 5.41) is 19.9. The van der Waals surface area contributed by atoms with E-state index < -0.39 is 12.0 Å². The van der Waals surface area contributed by atoms with E-state index in [1.54, 1.807) is 0 Å². The van der Waals surface area contributed by atoms with Crippen LogP contribution in [0.3, 0.4) is 0 Å². The lowest BCUT2D eigenvalue weighted by atomic mass is 10.3. The van der Waals surface area contributed by atoms with E-state index in [0.717, 1.165) is 11.4 Å². The van der Waals surface area contributed by atoms with Crippen molar-refractivity contribution >= 4 is 11.9 Å². The predicted molar refractivity (Wildman–Crippen MR) is 78.6 cm³/mol. The number of amides is 1. The SMILES string of the molecule is Cc1cc(C)n(CCNC(=O)c2ccn(C(C)C(=O)O)n2)n1. The maximum Gasteiger partial charge on any atom is 0.328 e. The Labute approximate surface area is 127 Å². The van der Waals surface area contributed by atoms with Gasteiger partial charge in [-0.15, -0.1) is 0 Å². The molecule has 2 N–H and O–H groups in total. The van der Waals surface area contributed by atoms with Gasteiger partial charge in [0, 0.05) is 18.4 Å². The lowest BCUT2D eigenvalue weighted by Gasteiger charge is -2.07. The molecule has 0 saturated carbocycles. The molecule has 0 radical (unpaired) electrons. The number of aliphatic carboxylic acids is 1. The molecule has 1 amide bonds. The Morgan fingerprint density at radius 3 is 2.68 bits per heavy atom. The van der Waals surface area contributed by atoms with Crippen LogP contribution in [0.1, 0.15) is 34.8 Å². The fourth-order valence-electron chi connectivity index (χ4n) is 2.06. The third-order valence-electron chi connectivity index (χ3n) is 3.31. The predicted octanol–water partition coefficient (Wildman–Crippen LogP) is 0.772. The number of carboxylic acids is 1. The van der Waals surface area contributed by atoms with E-state index >= 15 is 0 Å². The van der Waals surface area contributed by atoms with Gasteiger partial charge in [0.25, 0.3) is 5.91 Å². The number of aryl methyl sites for hydroxylation is 2. The van der Waals surface area contributed by atoms with Crippen molar-refractivity contribution in [1.82, 2.24) is 24.9 Å². The standard InChI is InChI=1S/C14H19N5O3/c1-9-8-10(2)18(16-9)7-5-15-13(20)12-4-6-19(17-12)11(3)14(21)22/h4,6,8,11H,5,7H2,1-3H3,(H,15,20)(H,21,22). The van der Waals surface area contributed by atoms with Gasteiger partial charge in [-0.1, -0.05) is 0 Å². The minimum atomic E-state index is -1.00. The van der Waals surface area contributed by atoms with Crippen LogP contribution in [-0.2, 0) is 11.3 Å². The average molecular weight is 305 g/mol. The summed E-state index contributed by atoms with van der Waals surface area (Å²) in [6.45, 7) is 6.36. The monoisotopic (exact) mass is 305 g/mol. The van der Waals surface area contributed by atoms with E-state index in [-0.39, 0.29) is 11.6 Å². The van der Waals surface area contributed by atoms with Crippen LogP contribution in [0.4, 0.5) is 0 Å². The fourth-order valence-corrected chi connectivity index (χ4v) is 2.06. The first-order valence-corrected chi connectivity index (χ1v) is 6.95.